The molecule has 0 spiro atoms. The van der Waals surface area contributed by atoms with Crippen molar-refractivity contribution in [1.82, 2.24) is 9.97 Å². The van der Waals surface area contributed by atoms with Gasteiger partial charge in [-0.25, -0.2) is 9.97 Å². The van der Waals surface area contributed by atoms with Gasteiger partial charge in [-0.15, -0.1) is 0 Å². The van der Waals surface area contributed by atoms with Crippen molar-refractivity contribution in [1.29, 1.82) is 0 Å². The molecule has 0 radical (unpaired) electrons. The predicted octanol–water partition coefficient (Wildman–Crippen LogP) is 4.65. The number of nitrogens with zero attached hydrogens (tertiary/aromatic N) is 2. The van der Waals surface area contributed by atoms with Crippen LogP contribution in [-0.4, -0.2) is 22.1 Å². The molecule has 0 atom stereocenters. The Morgan fingerprint density at radius 3 is 2.45 bits per heavy atom. The van der Waals surface area contributed by atoms with Crippen LogP contribution in [0.25, 0.3) is 0 Å². The summed E-state index contributed by atoms with van der Waals surface area (Å²) in [5.41, 5.74) is 1.02. The normalized spacial score (nSPS) is 11.3. The van der Waals surface area contributed by atoms with E-state index in [1.807, 2.05) is 18.2 Å². The molecule has 1 aromatic carbocycles. The summed E-state index contributed by atoms with van der Waals surface area (Å²) >= 11 is 12.1. The van der Waals surface area contributed by atoms with Gasteiger partial charge in [0.15, 0.2) is 0 Å². The van der Waals surface area contributed by atoms with E-state index in [0.29, 0.717) is 10.0 Å². The smallest absolute Gasteiger partial charge is 0.131 e. The van der Waals surface area contributed by atoms with Gasteiger partial charge in [-0.2, -0.15) is 0 Å². The lowest BCUT2D eigenvalue weighted by molar-refractivity contribution is 0.630. The van der Waals surface area contributed by atoms with Gasteiger partial charge in [0.05, 0.1) is 0 Å². The summed E-state index contributed by atoms with van der Waals surface area (Å²) in [5, 5.41) is 7.93. The van der Waals surface area contributed by atoms with Crippen LogP contribution in [0, 0.1) is 0 Å². The highest BCUT2D eigenvalue weighted by Gasteiger charge is 2.10. The Morgan fingerprint density at radius 2 is 1.77 bits per heavy atom. The number of nitrogens with one attached hydrogen (secondary N) is 2. The Morgan fingerprint density at radius 1 is 1.05 bits per heavy atom. The quantitative estimate of drug-likeness (QED) is 0.833. The molecule has 118 valence electrons. The van der Waals surface area contributed by atoms with Crippen LogP contribution in [0.5, 0.6) is 0 Å². The zero-order chi connectivity index (χ0) is 16.2. The Balaban J connectivity index is 1.93. The molecule has 22 heavy (non-hydrogen) atoms. The minimum Gasteiger partial charge on any atom is -0.370 e. The summed E-state index contributed by atoms with van der Waals surface area (Å²) in [4.78, 5) is 8.44. The molecular formula is C16H20Cl2N4. The number of halogens is 2. The van der Waals surface area contributed by atoms with Gasteiger partial charge < -0.3 is 10.6 Å². The molecule has 0 unspecified atom stereocenters. The molecule has 1 heterocycles. The van der Waals surface area contributed by atoms with Crippen LogP contribution in [-0.2, 0) is 6.42 Å². The molecule has 0 aliphatic heterocycles. The van der Waals surface area contributed by atoms with Crippen LogP contribution in [0.15, 0.2) is 30.6 Å². The SMILES string of the molecule is CC(C)(C)Nc1cc(NCCc2ccc(Cl)cc2Cl)ncn1. The van der Waals surface area contributed by atoms with E-state index in [-0.39, 0.29) is 5.54 Å². The van der Waals surface area contributed by atoms with Gasteiger partial charge in [-0.05, 0) is 44.9 Å². The highest BCUT2D eigenvalue weighted by Crippen LogP contribution is 2.21. The highest BCUT2D eigenvalue weighted by atomic mass is 35.5. The van der Waals surface area contributed by atoms with Gasteiger partial charge in [0.25, 0.3) is 0 Å². The first-order valence-electron chi connectivity index (χ1n) is 7.11. The van der Waals surface area contributed by atoms with Gasteiger partial charge in [0.1, 0.15) is 18.0 Å². The van der Waals surface area contributed by atoms with E-state index in [9.17, 15) is 0 Å². The van der Waals surface area contributed by atoms with E-state index < -0.39 is 0 Å². The maximum atomic E-state index is 6.16. The summed E-state index contributed by atoms with van der Waals surface area (Å²) in [6.07, 6.45) is 2.34. The van der Waals surface area contributed by atoms with Crippen molar-refractivity contribution >= 4 is 34.8 Å². The number of benzene rings is 1. The zero-order valence-corrected chi connectivity index (χ0v) is 14.5. The van der Waals surface area contributed by atoms with Crippen molar-refractivity contribution in [2.24, 2.45) is 0 Å². The molecule has 0 aliphatic carbocycles. The van der Waals surface area contributed by atoms with E-state index in [2.05, 4.69) is 41.4 Å². The molecule has 2 aromatic rings. The molecule has 0 saturated heterocycles. The van der Waals surface area contributed by atoms with Crippen molar-refractivity contribution in [3.8, 4) is 0 Å². The first-order chi connectivity index (χ1) is 10.3. The second-order valence-electron chi connectivity index (χ2n) is 6.08. The van der Waals surface area contributed by atoms with E-state index in [0.717, 1.165) is 30.2 Å². The summed E-state index contributed by atoms with van der Waals surface area (Å²) < 4.78 is 0. The number of anilines is 2. The third kappa shape index (κ3) is 5.35. The first-order valence-corrected chi connectivity index (χ1v) is 7.87. The van der Waals surface area contributed by atoms with Crippen molar-refractivity contribution in [3.05, 3.63) is 46.2 Å². The summed E-state index contributed by atoms with van der Waals surface area (Å²) in [6.45, 7) is 6.99. The van der Waals surface area contributed by atoms with Crippen LogP contribution in [0.4, 0.5) is 11.6 Å². The lowest BCUT2D eigenvalue weighted by Gasteiger charge is -2.21. The number of aromatic nitrogens is 2. The second-order valence-corrected chi connectivity index (χ2v) is 6.92. The van der Waals surface area contributed by atoms with Crippen LogP contribution in [0.1, 0.15) is 26.3 Å². The summed E-state index contributed by atoms with van der Waals surface area (Å²) in [6, 6.07) is 7.45. The largest absolute Gasteiger partial charge is 0.370 e. The van der Waals surface area contributed by atoms with E-state index in [1.165, 1.54) is 0 Å². The third-order valence-electron chi connectivity index (χ3n) is 2.89. The molecule has 2 N–H and O–H groups in total. The molecule has 0 bridgehead atoms. The number of rotatable bonds is 5. The Bertz CT molecular complexity index is 638. The molecule has 0 aliphatic rings. The van der Waals surface area contributed by atoms with Crippen molar-refractivity contribution < 1.29 is 0 Å². The molecular weight excluding hydrogens is 319 g/mol. The fourth-order valence-electron chi connectivity index (χ4n) is 1.96. The number of hydrogen-bond acceptors (Lipinski definition) is 4. The first kappa shape index (κ1) is 16.8. The molecule has 0 amide bonds. The van der Waals surface area contributed by atoms with Crippen molar-refractivity contribution in [2.75, 3.05) is 17.2 Å². The summed E-state index contributed by atoms with van der Waals surface area (Å²) in [7, 11) is 0. The second kappa shape index (κ2) is 7.16. The molecule has 1 aromatic heterocycles. The summed E-state index contributed by atoms with van der Waals surface area (Å²) in [5.74, 6) is 1.58. The van der Waals surface area contributed by atoms with E-state index >= 15 is 0 Å². The Hall–Kier alpha value is -1.52. The maximum absolute atomic E-state index is 6.16. The minimum atomic E-state index is -0.0392. The Kier molecular flexibility index (Phi) is 5.48. The lowest BCUT2D eigenvalue weighted by Crippen LogP contribution is -2.26. The zero-order valence-electron chi connectivity index (χ0n) is 13.0. The van der Waals surface area contributed by atoms with Crippen LogP contribution in [0.3, 0.4) is 0 Å². The minimum absolute atomic E-state index is 0.0392. The van der Waals surface area contributed by atoms with Crippen LogP contribution < -0.4 is 10.6 Å². The van der Waals surface area contributed by atoms with Crippen LogP contribution >= 0.6 is 23.2 Å². The molecule has 4 nitrogen and oxygen atoms in total. The molecule has 2 rings (SSSR count). The van der Waals surface area contributed by atoms with Gasteiger partial charge in [-0.1, -0.05) is 29.3 Å². The van der Waals surface area contributed by atoms with Gasteiger partial charge in [0.2, 0.25) is 0 Å². The number of hydrogen-bond donors (Lipinski definition) is 2. The fraction of sp³-hybridized carbons (Fsp3) is 0.375. The third-order valence-corrected chi connectivity index (χ3v) is 3.47. The van der Waals surface area contributed by atoms with Gasteiger partial charge in [-0.3, -0.25) is 0 Å². The molecule has 0 fully saturated rings. The fourth-order valence-corrected chi connectivity index (χ4v) is 2.46. The Labute approximate surface area is 141 Å². The molecule has 6 heteroatoms. The maximum Gasteiger partial charge on any atom is 0.131 e. The van der Waals surface area contributed by atoms with Crippen molar-refractivity contribution in [3.63, 3.8) is 0 Å². The van der Waals surface area contributed by atoms with Gasteiger partial charge in [0, 0.05) is 28.2 Å². The average molecular weight is 339 g/mol. The average Bonchev–Trinajstić information content (AvgIpc) is 2.40. The van der Waals surface area contributed by atoms with E-state index in [1.54, 1.807) is 12.4 Å². The lowest BCUT2D eigenvalue weighted by atomic mass is 10.1. The van der Waals surface area contributed by atoms with E-state index in [4.69, 9.17) is 23.2 Å². The monoisotopic (exact) mass is 338 g/mol. The molecule has 0 saturated carbocycles. The topological polar surface area (TPSA) is 49.8 Å². The predicted molar refractivity (Wildman–Crippen MR) is 94.1 cm³/mol. The highest BCUT2D eigenvalue weighted by molar-refractivity contribution is 6.35. The van der Waals surface area contributed by atoms with Gasteiger partial charge >= 0.3 is 0 Å². The standard InChI is InChI=1S/C16H20Cl2N4/c1-16(2,3)22-15-9-14(20-10-21-15)19-7-6-11-4-5-12(17)8-13(11)18/h4-5,8-10H,6-7H2,1-3H3,(H2,19,20,21,22). The van der Waals surface area contributed by atoms with Crippen LogP contribution in [0.2, 0.25) is 10.0 Å². The van der Waals surface area contributed by atoms with Crippen molar-refractivity contribution in [2.45, 2.75) is 32.7 Å².